The van der Waals surface area contributed by atoms with Crippen LogP contribution in [0.1, 0.15) is 26.3 Å². The molecule has 0 fully saturated rings. The van der Waals surface area contributed by atoms with Gasteiger partial charge in [-0.05, 0) is 32.4 Å². The Labute approximate surface area is 161 Å². The zero-order valence-corrected chi connectivity index (χ0v) is 16.6. The van der Waals surface area contributed by atoms with Gasteiger partial charge in [-0.3, -0.25) is 4.79 Å². The molecule has 0 aliphatic rings. The molecule has 138 valence electrons. The van der Waals surface area contributed by atoms with E-state index >= 15 is 0 Å². The summed E-state index contributed by atoms with van der Waals surface area (Å²) in [6, 6.07) is 8.04. The monoisotopic (exact) mass is 379 g/mol. The molecule has 3 heterocycles. The second-order valence-electron chi connectivity index (χ2n) is 7.09. The normalized spacial score (nSPS) is 12.0. The van der Waals surface area contributed by atoms with E-state index in [1.54, 1.807) is 23.9 Å². The van der Waals surface area contributed by atoms with Gasteiger partial charge < -0.3 is 9.88 Å². The number of thiazole rings is 1. The minimum Gasteiger partial charge on any atom is -0.356 e. The molecular weight excluding hydrogens is 358 g/mol. The molecule has 4 rings (SSSR count). The predicted octanol–water partition coefficient (Wildman–Crippen LogP) is 3.66. The molecule has 3 aromatic heterocycles. The van der Waals surface area contributed by atoms with Crippen molar-refractivity contribution in [1.82, 2.24) is 24.8 Å². The van der Waals surface area contributed by atoms with Crippen LogP contribution >= 0.6 is 11.3 Å². The Bertz CT molecular complexity index is 1160. The van der Waals surface area contributed by atoms with E-state index < -0.39 is 5.41 Å². The molecule has 1 amide bonds. The van der Waals surface area contributed by atoms with Crippen LogP contribution in [0.3, 0.4) is 0 Å². The van der Waals surface area contributed by atoms with Crippen LogP contribution in [0.25, 0.3) is 32.0 Å². The number of fused-ring (bicyclic) bond motifs is 3. The highest BCUT2D eigenvalue weighted by Gasteiger charge is 2.29. The zero-order valence-electron chi connectivity index (χ0n) is 15.8. The van der Waals surface area contributed by atoms with Crippen LogP contribution in [0, 0.1) is 0 Å². The smallest absolute Gasteiger partial charge is 0.230 e. The number of likely N-dealkylation sites (N-methyl/N-ethyl adjacent to an activating group) is 1. The fourth-order valence-electron chi connectivity index (χ4n) is 3.18. The maximum atomic E-state index is 12.5. The van der Waals surface area contributed by atoms with E-state index in [4.69, 9.17) is 4.98 Å². The lowest BCUT2D eigenvalue weighted by Gasteiger charge is -2.24. The fourth-order valence-corrected chi connectivity index (χ4v) is 4.09. The number of aromatic nitrogens is 4. The third kappa shape index (κ3) is 2.88. The second-order valence-corrected chi connectivity index (χ2v) is 8.06. The van der Waals surface area contributed by atoms with E-state index in [2.05, 4.69) is 15.3 Å². The van der Waals surface area contributed by atoms with Gasteiger partial charge in [0.05, 0.1) is 23.5 Å². The quantitative estimate of drug-likeness (QED) is 0.587. The average molecular weight is 379 g/mol. The van der Waals surface area contributed by atoms with E-state index in [0.29, 0.717) is 6.54 Å². The Hall–Kier alpha value is -2.80. The number of benzene rings is 1. The van der Waals surface area contributed by atoms with Crippen molar-refractivity contribution in [1.29, 1.82) is 0 Å². The molecule has 0 radical (unpaired) electrons. The maximum Gasteiger partial charge on any atom is 0.230 e. The summed E-state index contributed by atoms with van der Waals surface area (Å²) in [5, 5.41) is 3.81. The van der Waals surface area contributed by atoms with E-state index in [-0.39, 0.29) is 5.91 Å². The molecule has 1 N–H and O–H groups in total. The molecule has 7 heteroatoms. The first-order valence-electron chi connectivity index (χ1n) is 8.87. The Morgan fingerprint density at radius 2 is 2.11 bits per heavy atom. The summed E-state index contributed by atoms with van der Waals surface area (Å²) in [6.07, 6.45) is 3.56. The molecule has 0 atom stereocenters. The predicted molar refractivity (Wildman–Crippen MR) is 109 cm³/mol. The Kier molecular flexibility index (Phi) is 4.19. The number of nitrogens with zero attached hydrogens (tertiary/aromatic N) is 4. The van der Waals surface area contributed by atoms with Gasteiger partial charge >= 0.3 is 0 Å². The molecular formula is C20H21N5OS. The molecule has 0 spiro atoms. The zero-order chi connectivity index (χ0) is 19.2. The SMILES string of the molecule is CCNC(=O)C(C)(C)c1cccc(-c2nc3c(ncc4ncn(C)c43)s2)c1. The van der Waals surface area contributed by atoms with Crippen molar-refractivity contribution in [2.45, 2.75) is 26.2 Å². The van der Waals surface area contributed by atoms with Crippen molar-refractivity contribution in [2.24, 2.45) is 7.05 Å². The largest absolute Gasteiger partial charge is 0.356 e. The van der Waals surface area contributed by atoms with Gasteiger partial charge in [-0.25, -0.2) is 15.0 Å². The first-order chi connectivity index (χ1) is 12.9. The molecule has 0 aliphatic heterocycles. The first-order valence-corrected chi connectivity index (χ1v) is 9.69. The number of hydrogen-bond donors (Lipinski definition) is 1. The number of imidazole rings is 1. The minimum absolute atomic E-state index is 0.0182. The van der Waals surface area contributed by atoms with Gasteiger partial charge in [-0.15, -0.1) is 0 Å². The van der Waals surface area contributed by atoms with E-state index in [1.807, 2.05) is 56.7 Å². The van der Waals surface area contributed by atoms with E-state index in [0.717, 1.165) is 37.5 Å². The molecule has 4 aromatic rings. The number of nitrogens with one attached hydrogen (secondary N) is 1. The van der Waals surface area contributed by atoms with Crippen LogP contribution in [0.2, 0.25) is 0 Å². The van der Waals surface area contributed by atoms with Crippen LogP contribution in [0.15, 0.2) is 36.8 Å². The summed E-state index contributed by atoms with van der Waals surface area (Å²) in [7, 11) is 1.96. The van der Waals surface area contributed by atoms with Gasteiger partial charge in [0.15, 0.2) is 0 Å². The standard InChI is InChI=1S/C20H21N5OS/c1-5-21-19(26)20(2,3)13-8-6-7-12(9-13)17-24-15-16-14(23-11-25(16)4)10-22-18(15)27-17/h6-11H,5H2,1-4H3,(H,21,26). The second kappa shape index (κ2) is 6.42. The molecule has 0 unspecified atom stereocenters. The number of carbonyl (C=O) groups is 1. The highest BCUT2D eigenvalue weighted by molar-refractivity contribution is 7.21. The highest BCUT2D eigenvalue weighted by atomic mass is 32.1. The van der Waals surface area contributed by atoms with Crippen molar-refractivity contribution >= 4 is 38.6 Å². The van der Waals surface area contributed by atoms with Gasteiger partial charge in [-0.2, -0.15) is 0 Å². The number of carbonyl (C=O) groups excluding carboxylic acids is 1. The maximum absolute atomic E-state index is 12.5. The number of rotatable bonds is 4. The van der Waals surface area contributed by atoms with Crippen LogP contribution < -0.4 is 5.32 Å². The van der Waals surface area contributed by atoms with Gasteiger partial charge in [0.2, 0.25) is 5.91 Å². The third-order valence-corrected chi connectivity index (χ3v) is 5.85. The topological polar surface area (TPSA) is 72.7 Å². The Morgan fingerprint density at radius 3 is 2.89 bits per heavy atom. The van der Waals surface area contributed by atoms with Crippen LogP contribution in [-0.4, -0.2) is 32.0 Å². The molecule has 0 saturated heterocycles. The number of hydrogen-bond acceptors (Lipinski definition) is 5. The lowest BCUT2D eigenvalue weighted by Crippen LogP contribution is -2.39. The van der Waals surface area contributed by atoms with E-state index in [9.17, 15) is 4.79 Å². The summed E-state index contributed by atoms with van der Waals surface area (Å²) in [5.41, 5.74) is 4.03. The van der Waals surface area contributed by atoms with Crippen molar-refractivity contribution < 1.29 is 4.79 Å². The van der Waals surface area contributed by atoms with Crippen LogP contribution in [-0.2, 0) is 17.3 Å². The van der Waals surface area contributed by atoms with Crippen LogP contribution in [0.4, 0.5) is 0 Å². The lowest BCUT2D eigenvalue weighted by atomic mass is 9.83. The van der Waals surface area contributed by atoms with Crippen molar-refractivity contribution in [2.75, 3.05) is 6.54 Å². The molecule has 6 nitrogen and oxygen atoms in total. The summed E-state index contributed by atoms with van der Waals surface area (Å²) in [4.78, 5) is 27.1. The first kappa shape index (κ1) is 17.6. The van der Waals surface area contributed by atoms with E-state index in [1.165, 1.54) is 0 Å². The molecule has 1 aromatic carbocycles. The van der Waals surface area contributed by atoms with Crippen molar-refractivity contribution in [3.05, 3.63) is 42.4 Å². The third-order valence-electron chi connectivity index (χ3n) is 4.84. The summed E-state index contributed by atoms with van der Waals surface area (Å²) in [6.45, 7) is 6.43. The summed E-state index contributed by atoms with van der Waals surface area (Å²) < 4.78 is 1.97. The Balaban J connectivity index is 1.81. The average Bonchev–Trinajstić information content (AvgIpc) is 3.25. The molecule has 0 saturated carbocycles. The van der Waals surface area contributed by atoms with Crippen molar-refractivity contribution in [3.63, 3.8) is 0 Å². The minimum atomic E-state index is -0.615. The highest BCUT2D eigenvalue weighted by Crippen LogP contribution is 2.34. The molecule has 27 heavy (non-hydrogen) atoms. The molecule has 0 bridgehead atoms. The van der Waals surface area contributed by atoms with Gasteiger partial charge in [0.25, 0.3) is 0 Å². The van der Waals surface area contributed by atoms with Gasteiger partial charge in [-0.1, -0.05) is 29.5 Å². The summed E-state index contributed by atoms with van der Waals surface area (Å²) >= 11 is 1.55. The number of aryl methyl sites for hydroxylation is 1. The summed E-state index contributed by atoms with van der Waals surface area (Å²) in [5.74, 6) is 0.0182. The van der Waals surface area contributed by atoms with Gasteiger partial charge in [0, 0.05) is 19.2 Å². The lowest BCUT2D eigenvalue weighted by molar-refractivity contribution is -0.125. The van der Waals surface area contributed by atoms with Crippen molar-refractivity contribution in [3.8, 4) is 10.6 Å². The molecule has 0 aliphatic carbocycles. The van der Waals surface area contributed by atoms with Gasteiger partial charge in [0.1, 0.15) is 20.9 Å². The number of amides is 1. The number of pyridine rings is 1. The van der Waals surface area contributed by atoms with Crippen LogP contribution in [0.5, 0.6) is 0 Å². The Morgan fingerprint density at radius 1 is 1.30 bits per heavy atom. The fraction of sp³-hybridized carbons (Fsp3) is 0.300.